The van der Waals surface area contributed by atoms with Crippen LogP contribution in [0.5, 0.6) is 11.5 Å². The van der Waals surface area contributed by atoms with Crippen LogP contribution >= 0.6 is 0 Å². The second-order valence-corrected chi connectivity index (χ2v) is 2.85. The van der Waals surface area contributed by atoms with E-state index in [1.807, 2.05) is 13.1 Å². The van der Waals surface area contributed by atoms with Crippen LogP contribution in [-0.4, -0.2) is 22.0 Å². The van der Waals surface area contributed by atoms with Crippen LogP contribution in [0.1, 0.15) is 0 Å². The third-order valence-corrected chi connectivity index (χ3v) is 1.96. The molecule has 0 unspecified atom stereocenters. The number of aryl methyl sites for hydroxylation is 1. The molecule has 2 aromatic rings. The molecule has 2 rings (SSSR count). The normalized spacial score (nSPS) is 10.6. The Morgan fingerprint density at radius 2 is 2.23 bits per heavy atom. The smallest absolute Gasteiger partial charge is 0.168 e. The molecule has 4 nitrogen and oxygen atoms in total. The number of aromatic hydroxyl groups is 1. The number of methoxy groups -OCH3 is 1. The van der Waals surface area contributed by atoms with Gasteiger partial charge in [-0.25, -0.2) is 0 Å². The molecule has 1 N–H and O–H groups in total. The minimum atomic E-state index is 0.146. The van der Waals surface area contributed by atoms with E-state index in [1.54, 1.807) is 16.9 Å². The highest BCUT2D eigenvalue weighted by Crippen LogP contribution is 2.33. The molecule has 0 aliphatic rings. The summed E-state index contributed by atoms with van der Waals surface area (Å²) in [5, 5.41) is 14.5. The summed E-state index contributed by atoms with van der Waals surface area (Å²) in [7, 11) is 3.34. The molecule has 13 heavy (non-hydrogen) atoms. The van der Waals surface area contributed by atoms with Crippen molar-refractivity contribution in [2.75, 3.05) is 7.11 Å². The van der Waals surface area contributed by atoms with Crippen molar-refractivity contribution in [2.24, 2.45) is 7.05 Å². The number of benzene rings is 1. The second kappa shape index (κ2) is 2.65. The number of hydrogen-bond acceptors (Lipinski definition) is 3. The van der Waals surface area contributed by atoms with Crippen molar-refractivity contribution in [3.63, 3.8) is 0 Å². The van der Waals surface area contributed by atoms with Crippen LogP contribution in [0, 0.1) is 0 Å². The maximum Gasteiger partial charge on any atom is 0.168 e. The first-order valence-corrected chi connectivity index (χ1v) is 3.91. The summed E-state index contributed by atoms with van der Waals surface area (Å²) < 4.78 is 6.63. The summed E-state index contributed by atoms with van der Waals surface area (Å²) in [5.41, 5.74) is 0.765. The van der Waals surface area contributed by atoms with Crippen LogP contribution in [0.3, 0.4) is 0 Å². The molecular formula is C9H10N2O2. The number of phenolic OH excluding ortho intramolecular Hbond substituents is 1. The molecule has 0 atom stereocenters. The third kappa shape index (κ3) is 1.11. The van der Waals surface area contributed by atoms with Crippen molar-refractivity contribution < 1.29 is 9.84 Å². The van der Waals surface area contributed by atoms with Crippen molar-refractivity contribution in [1.82, 2.24) is 9.78 Å². The van der Waals surface area contributed by atoms with Crippen molar-refractivity contribution in [3.05, 3.63) is 18.3 Å². The molecule has 0 amide bonds. The zero-order chi connectivity index (χ0) is 9.42. The first kappa shape index (κ1) is 7.91. The molecule has 0 saturated carbocycles. The monoisotopic (exact) mass is 178 g/mol. The molecule has 0 fully saturated rings. The predicted octanol–water partition coefficient (Wildman–Crippen LogP) is 1.29. The SMILES string of the molecule is COc1ccc2nn(C)cc2c1O. The molecule has 1 aromatic heterocycles. The highest BCUT2D eigenvalue weighted by molar-refractivity contribution is 5.87. The van der Waals surface area contributed by atoms with Crippen molar-refractivity contribution >= 4 is 10.9 Å². The van der Waals surface area contributed by atoms with Crippen LogP contribution in [0.15, 0.2) is 18.3 Å². The van der Waals surface area contributed by atoms with Gasteiger partial charge < -0.3 is 9.84 Å². The first-order valence-electron chi connectivity index (χ1n) is 3.91. The summed E-state index contributed by atoms with van der Waals surface area (Å²) in [6.07, 6.45) is 1.76. The van der Waals surface area contributed by atoms with Gasteiger partial charge in [0, 0.05) is 13.2 Å². The fourth-order valence-electron chi connectivity index (χ4n) is 1.34. The van der Waals surface area contributed by atoms with Gasteiger partial charge in [-0.15, -0.1) is 0 Å². The topological polar surface area (TPSA) is 47.3 Å². The van der Waals surface area contributed by atoms with Gasteiger partial charge in [0.05, 0.1) is 18.0 Å². The van der Waals surface area contributed by atoms with E-state index in [4.69, 9.17) is 4.74 Å². The molecule has 1 aromatic carbocycles. The zero-order valence-corrected chi connectivity index (χ0v) is 7.48. The molecular weight excluding hydrogens is 168 g/mol. The average molecular weight is 178 g/mol. The van der Waals surface area contributed by atoms with Gasteiger partial charge in [0.25, 0.3) is 0 Å². The van der Waals surface area contributed by atoms with E-state index in [0.29, 0.717) is 11.1 Å². The average Bonchev–Trinajstić information content (AvgIpc) is 2.47. The minimum absolute atomic E-state index is 0.146. The van der Waals surface area contributed by atoms with Crippen LogP contribution in [0.4, 0.5) is 0 Å². The molecule has 0 bridgehead atoms. The predicted molar refractivity (Wildman–Crippen MR) is 48.9 cm³/mol. The number of aromatic nitrogens is 2. The van der Waals surface area contributed by atoms with E-state index in [9.17, 15) is 5.11 Å². The number of fused-ring (bicyclic) bond motifs is 1. The standard InChI is InChI=1S/C9H10N2O2/c1-11-5-6-7(10-11)3-4-8(13-2)9(6)12/h3-5,12H,1-2H3. The molecule has 0 aliphatic carbocycles. The Balaban J connectivity index is 2.78. The Morgan fingerprint density at radius 1 is 1.46 bits per heavy atom. The summed E-state index contributed by atoms with van der Waals surface area (Å²) >= 11 is 0. The largest absolute Gasteiger partial charge is 0.504 e. The lowest BCUT2D eigenvalue weighted by molar-refractivity contribution is 0.376. The lowest BCUT2D eigenvalue weighted by atomic mass is 10.2. The quantitative estimate of drug-likeness (QED) is 0.715. The van der Waals surface area contributed by atoms with E-state index >= 15 is 0 Å². The lowest BCUT2D eigenvalue weighted by Crippen LogP contribution is -1.84. The van der Waals surface area contributed by atoms with E-state index in [0.717, 1.165) is 5.52 Å². The van der Waals surface area contributed by atoms with Gasteiger partial charge in [-0.05, 0) is 12.1 Å². The maximum absolute atomic E-state index is 9.68. The van der Waals surface area contributed by atoms with Crippen LogP contribution in [0.2, 0.25) is 0 Å². The maximum atomic E-state index is 9.68. The van der Waals surface area contributed by atoms with Crippen molar-refractivity contribution in [1.29, 1.82) is 0 Å². The summed E-state index contributed by atoms with van der Waals surface area (Å²) in [6.45, 7) is 0. The molecule has 1 heterocycles. The number of ether oxygens (including phenoxy) is 1. The fraction of sp³-hybridized carbons (Fsp3) is 0.222. The van der Waals surface area contributed by atoms with Gasteiger partial charge >= 0.3 is 0 Å². The Bertz CT molecular complexity index is 448. The fourth-order valence-corrected chi connectivity index (χ4v) is 1.34. The van der Waals surface area contributed by atoms with Gasteiger partial charge in [-0.1, -0.05) is 0 Å². The number of phenols is 1. The molecule has 68 valence electrons. The molecule has 0 spiro atoms. The van der Waals surface area contributed by atoms with E-state index < -0.39 is 0 Å². The Labute approximate surface area is 75.4 Å². The summed E-state index contributed by atoms with van der Waals surface area (Å²) in [5.74, 6) is 0.619. The van der Waals surface area contributed by atoms with Gasteiger partial charge in [-0.2, -0.15) is 5.10 Å². The molecule has 4 heteroatoms. The van der Waals surface area contributed by atoms with Gasteiger partial charge in [0.2, 0.25) is 0 Å². The Hall–Kier alpha value is -1.71. The Kier molecular flexibility index (Phi) is 1.62. The van der Waals surface area contributed by atoms with E-state index in [1.165, 1.54) is 7.11 Å². The van der Waals surface area contributed by atoms with Crippen LogP contribution in [0.25, 0.3) is 10.9 Å². The summed E-state index contributed by atoms with van der Waals surface area (Å²) in [6, 6.07) is 3.51. The summed E-state index contributed by atoms with van der Waals surface area (Å²) in [4.78, 5) is 0. The molecule has 0 saturated heterocycles. The van der Waals surface area contributed by atoms with Crippen LogP contribution in [-0.2, 0) is 7.05 Å². The van der Waals surface area contributed by atoms with Crippen LogP contribution < -0.4 is 4.74 Å². The van der Waals surface area contributed by atoms with Gasteiger partial charge in [0.1, 0.15) is 0 Å². The number of nitrogens with zero attached hydrogens (tertiary/aromatic N) is 2. The number of rotatable bonds is 1. The van der Waals surface area contributed by atoms with Crippen molar-refractivity contribution in [3.8, 4) is 11.5 Å². The number of hydrogen-bond donors (Lipinski definition) is 1. The highest BCUT2D eigenvalue weighted by atomic mass is 16.5. The van der Waals surface area contributed by atoms with Gasteiger partial charge in [0.15, 0.2) is 11.5 Å². The zero-order valence-electron chi connectivity index (χ0n) is 7.48. The first-order chi connectivity index (χ1) is 6.22. The van der Waals surface area contributed by atoms with Crippen molar-refractivity contribution in [2.45, 2.75) is 0 Å². The van der Waals surface area contributed by atoms with E-state index in [2.05, 4.69) is 5.10 Å². The third-order valence-electron chi connectivity index (χ3n) is 1.96. The van der Waals surface area contributed by atoms with Gasteiger partial charge in [-0.3, -0.25) is 4.68 Å². The second-order valence-electron chi connectivity index (χ2n) is 2.85. The highest BCUT2D eigenvalue weighted by Gasteiger charge is 2.08. The minimum Gasteiger partial charge on any atom is -0.504 e. The molecule has 0 radical (unpaired) electrons. The Morgan fingerprint density at radius 3 is 2.92 bits per heavy atom. The molecule has 0 aliphatic heterocycles. The lowest BCUT2D eigenvalue weighted by Gasteiger charge is -2.01. The van der Waals surface area contributed by atoms with E-state index in [-0.39, 0.29) is 5.75 Å².